The van der Waals surface area contributed by atoms with Crippen LogP contribution < -0.4 is 10.6 Å². The summed E-state index contributed by atoms with van der Waals surface area (Å²) in [7, 11) is 1.46. The molecular formula is C14H11ClF2N2O. The standard InChI is InChI=1S/C14H11ClF2N2O/c1-19(9-4-2-8(18)3-5-9)14(20)10-6-13(17)11(15)7-12(10)16/h2-7H,18H2,1H3. The van der Waals surface area contributed by atoms with E-state index in [1.54, 1.807) is 24.3 Å². The van der Waals surface area contributed by atoms with Gasteiger partial charge < -0.3 is 10.6 Å². The highest BCUT2D eigenvalue weighted by Gasteiger charge is 2.19. The van der Waals surface area contributed by atoms with E-state index in [2.05, 4.69) is 0 Å². The fourth-order valence-electron chi connectivity index (χ4n) is 1.68. The van der Waals surface area contributed by atoms with Crippen molar-refractivity contribution in [2.45, 2.75) is 0 Å². The van der Waals surface area contributed by atoms with Crippen molar-refractivity contribution in [3.8, 4) is 0 Å². The van der Waals surface area contributed by atoms with Gasteiger partial charge in [-0.05, 0) is 36.4 Å². The second-order valence-corrected chi connectivity index (χ2v) is 4.61. The summed E-state index contributed by atoms with van der Waals surface area (Å²) < 4.78 is 27.1. The maximum Gasteiger partial charge on any atom is 0.261 e. The zero-order valence-corrected chi connectivity index (χ0v) is 11.3. The quantitative estimate of drug-likeness (QED) is 0.681. The molecule has 6 heteroatoms. The third-order valence-electron chi connectivity index (χ3n) is 2.83. The molecule has 0 aliphatic heterocycles. The molecule has 0 spiro atoms. The lowest BCUT2D eigenvalue weighted by atomic mass is 10.1. The van der Waals surface area contributed by atoms with E-state index in [0.29, 0.717) is 11.4 Å². The van der Waals surface area contributed by atoms with E-state index >= 15 is 0 Å². The smallest absolute Gasteiger partial charge is 0.261 e. The number of amides is 1. The summed E-state index contributed by atoms with van der Waals surface area (Å²) in [5.74, 6) is -2.39. The molecule has 0 saturated heterocycles. The van der Waals surface area contributed by atoms with Gasteiger partial charge in [-0.1, -0.05) is 11.6 Å². The highest BCUT2D eigenvalue weighted by atomic mass is 35.5. The van der Waals surface area contributed by atoms with Gasteiger partial charge in [0.05, 0.1) is 10.6 Å². The van der Waals surface area contributed by atoms with Gasteiger partial charge in [-0.2, -0.15) is 0 Å². The molecule has 0 radical (unpaired) electrons. The number of hydrogen-bond acceptors (Lipinski definition) is 2. The molecule has 1 amide bonds. The molecule has 2 aromatic rings. The minimum atomic E-state index is -0.872. The lowest BCUT2D eigenvalue weighted by molar-refractivity contribution is 0.0988. The Kier molecular flexibility index (Phi) is 3.90. The third kappa shape index (κ3) is 2.72. The van der Waals surface area contributed by atoms with E-state index in [4.69, 9.17) is 17.3 Å². The molecule has 0 aromatic heterocycles. The Morgan fingerprint density at radius 1 is 1.15 bits per heavy atom. The molecule has 0 aliphatic carbocycles. The monoisotopic (exact) mass is 296 g/mol. The van der Waals surface area contributed by atoms with Crippen LogP contribution >= 0.6 is 11.6 Å². The van der Waals surface area contributed by atoms with E-state index in [1.165, 1.54) is 11.9 Å². The van der Waals surface area contributed by atoms with Gasteiger partial charge >= 0.3 is 0 Å². The van der Waals surface area contributed by atoms with Gasteiger partial charge in [-0.25, -0.2) is 8.78 Å². The Bertz CT molecular complexity index is 659. The Balaban J connectivity index is 2.36. The molecule has 104 valence electrons. The van der Waals surface area contributed by atoms with Crippen molar-refractivity contribution in [1.82, 2.24) is 0 Å². The lowest BCUT2D eigenvalue weighted by Gasteiger charge is -2.18. The maximum atomic E-state index is 13.7. The second-order valence-electron chi connectivity index (χ2n) is 4.20. The number of hydrogen-bond donors (Lipinski definition) is 1. The molecule has 0 atom stereocenters. The molecule has 0 saturated carbocycles. The Hall–Kier alpha value is -2.14. The summed E-state index contributed by atoms with van der Waals surface area (Å²) in [5.41, 5.74) is 6.22. The molecule has 2 aromatic carbocycles. The summed E-state index contributed by atoms with van der Waals surface area (Å²) in [6, 6.07) is 8.00. The average Bonchev–Trinajstić information content (AvgIpc) is 2.42. The fraction of sp³-hybridized carbons (Fsp3) is 0.0714. The van der Waals surface area contributed by atoms with Crippen molar-refractivity contribution in [2.75, 3.05) is 17.7 Å². The number of nitrogens with zero attached hydrogens (tertiary/aromatic N) is 1. The number of carbonyl (C=O) groups is 1. The van der Waals surface area contributed by atoms with Gasteiger partial charge in [-0.15, -0.1) is 0 Å². The third-order valence-corrected chi connectivity index (χ3v) is 3.12. The molecule has 2 rings (SSSR count). The molecule has 0 aliphatic rings. The summed E-state index contributed by atoms with van der Waals surface area (Å²) in [6.07, 6.45) is 0. The highest BCUT2D eigenvalue weighted by Crippen LogP contribution is 2.22. The Morgan fingerprint density at radius 2 is 1.75 bits per heavy atom. The van der Waals surface area contributed by atoms with Crippen LogP contribution in [0.4, 0.5) is 20.2 Å². The summed E-state index contributed by atoms with van der Waals surface area (Å²) in [4.78, 5) is 13.4. The predicted molar refractivity (Wildman–Crippen MR) is 75.0 cm³/mol. The van der Waals surface area contributed by atoms with Crippen molar-refractivity contribution < 1.29 is 13.6 Å². The topological polar surface area (TPSA) is 46.3 Å². The fourth-order valence-corrected chi connectivity index (χ4v) is 1.83. The van der Waals surface area contributed by atoms with Gasteiger partial charge in [0.2, 0.25) is 0 Å². The van der Waals surface area contributed by atoms with Crippen LogP contribution in [0.25, 0.3) is 0 Å². The van der Waals surface area contributed by atoms with Crippen molar-refractivity contribution in [2.24, 2.45) is 0 Å². The average molecular weight is 297 g/mol. The normalized spacial score (nSPS) is 10.4. The maximum absolute atomic E-state index is 13.7. The lowest BCUT2D eigenvalue weighted by Crippen LogP contribution is -2.27. The molecule has 20 heavy (non-hydrogen) atoms. The number of anilines is 2. The van der Waals surface area contributed by atoms with Gasteiger partial charge in [0.25, 0.3) is 5.91 Å². The van der Waals surface area contributed by atoms with Crippen LogP contribution in [0.3, 0.4) is 0 Å². The van der Waals surface area contributed by atoms with Crippen molar-refractivity contribution >= 4 is 28.9 Å². The number of benzene rings is 2. The van der Waals surface area contributed by atoms with E-state index < -0.39 is 17.5 Å². The zero-order chi connectivity index (χ0) is 14.9. The number of nitrogens with two attached hydrogens (primary N) is 1. The molecule has 0 bridgehead atoms. The van der Waals surface area contributed by atoms with Gasteiger partial charge in [0.1, 0.15) is 11.6 Å². The van der Waals surface area contributed by atoms with Crippen molar-refractivity contribution in [3.05, 3.63) is 58.6 Å². The summed E-state index contributed by atoms with van der Waals surface area (Å²) in [5, 5.41) is -0.366. The minimum absolute atomic E-state index is 0.366. The van der Waals surface area contributed by atoms with Crippen LogP contribution in [-0.4, -0.2) is 13.0 Å². The van der Waals surface area contributed by atoms with Gasteiger partial charge in [-0.3, -0.25) is 4.79 Å². The van der Waals surface area contributed by atoms with Crippen LogP contribution in [0.15, 0.2) is 36.4 Å². The van der Waals surface area contributed by atoms with E-state index in [-0.39, 0.29) is 10.6 Å². The number of nitrogen functional groups attached to an aromatic ring is 1. The van der Waals surface area contributed by atoms with Gasteiger partial charge in [0.15, 0.2) is 0 Å². The zero-order valence-electron chi connectivity index (χ0n) is 10.5. The number of carbonyl (C=O) groups excluding carboxylic acids is 1. The molecule has 0 unspecified atom stereocenters. The van der Waals surface area contributed by atoms with Crippen LogP contribution in [0.2, 0.25) is 5.02 Å². The Morgan fingerprint density at radius 3 is 2.35 bits per heavy atom. The van der Waals surface area contributed by atoms with E-state index in [1.807, 2.05) is 0 Å². The first kappa shape index (κ1) is 14.3. The highest BCUT2D eigenvalue weighted by molar-refractivity contribution is 6.30. The van der Waals surface area contributed by atoms with Crippen molar-refractivity contribution in [3.63, 3.8) is 0 Å². The van der Waals surface area contributed by atoms with E-state index in [0.717, 1.165) is 12.1 Å². The van der Waals surface area contributed by atoms with Gasteiger partial charge in [0, 0.05) is 18.4 Å². The molecule has 0 heterocycles. The summed E-state index contributed by atoms with van der Waals surface area (Å²) in [6.45, 7) is 0. The minimum Gasteiger partial charge on any atom is -0.399 e. The van der Waals surface area contributed by atoms with Crippen molar-refractivity contribution in [1.29, 1.82) is 0 Å². The Labute approximate surface area is 119 Å². The molecule has 2 N–H and O–H groups in total. The molecule has 0 fully saturated rings. The van der Waals surface area contributed by atoms with Crippen LogP contribution in [-0.2, 0) is 0 Å². The number of halogens is 3. The van der Waals surface area contributed by atoms with Crippen LogP contribution in [0.1, 0.15) is 10.4 Å². The first-order valence-corrected chi connectivity index (χ1v) is 6.06. The SMILES string of the molecule is CN(C(=O)c1cc(F)c(Cl)cc1F)c1ccc(N)cc1. The first-order valence-electron chi connectivity index (χ1n) is 5.68. The molecule has 3 nitrogen and oxygen atoms in total. The predicted octanol–water partition coefficient (Wildman–Crippen LogP) is 3.48. The largest absolute Gasteiger partial charge is 0.399 e. The van der Waals surface area contributed by atoms with E-state index in [9.17, 15) is 13.6 Å². The van der Waals surface area contributed by atoms with Crippen LogP contribution in [0.5, 0.6) is 0 Å². The number of rotatable bonds is 2. The van der Waals surface area contributed by atoms with Crippen LogP contribution in [0, 0.1) is 11.6 Å². The second kappa shape index (κ2) is 5.46. The summed E-state index contributed by atoms with van der Waals surface area (Å²) >= 11 is 5.45. The first-order chi connectivity index (χ1) is 9.40. The molecular weight excluding hydrogens is 286 g/mol.